The normalized spacial score (nSPS) is 9.62. The van der Waals surface area contributed by atoms with Crippen molar-refractivity contribution in [2.75, 3.05) is 0 Å². The standard InChI is InChI=1S/C7H7.2C6H5.C4H6O2.Sn/c1-7-5-3-2-4-6-7;2*1-2-4-6-5-3-1;1-3(2)4(5)6;/h2-5H,1H3;2*1-5H;1H2,2H3,(H,5,6);/q;;;;+1/p-1. The summed E-state index contributed by atoms with van der Waals surface area (Å²) in [6.07, 6.45) is 0. The van der Waals surface area contributed by atoms with Crippen LogP contribution in [0.25, 0.3) is 0 Å². The molecule has 130 valence electrons. The van der Waals surface area contributed by atoms with Gasteiger partial charge in [0.1, 0.15) is 0 Å². The molecule has 3 rings (SSSR count). The van der Waals surface area contributed by atoms with Gasteiger partial charge in [-0.1, -0.05) is 6.58 Å². The van der Waals surface area contributed by atoms with E-state index in [0.717, 1.165) is 0 Å². The monoisotopic (exact) mass is 450 g/mol. The number of carbonyl (C=O) groups excluding carboxylic acids is 1. The molecular weight excluding hydrogens is 427 g/mol. The number of rotatable bonds is 4. The Hall–Kier alpha value is -2.33. The van der Waals surface area contributed by atoms with E-state index in [9.17, 15) is 9.90 Å². The summed E-state index contributed by atoms with van der Waals surface area (Å²) >= 11 is -2.04. The number of aliphatic carboxylic acids is 1. The SMILES string of the molecule is C=C(C)C(=O)[O-].Cc1cccc[c]1[Sn+]([c]1ccccc1)[c]1ccccc1. The fourth-order valence-corrected chi connectivity index (χ4v) is 10.4. The van der Waals surface area contributed by atoms with Gasteiger partial charge in [0.15, 0.2) is 0 Å². The van der Waals surface area contributed by atoms with E-state index in [1.165, 1.54) is 19.6 Å². The summed E-state index contributed by atoms with van der Waals surface area (Å²) in [4.78, 5) is 9.49. The number of hydrogen-bond acceptors (Lipinski definition) is 2. The number of carboxylic acid groups (broad SMARTS) is 1. The summed E-state index contributed by atoms with van der Waals surface area (Å²) in [6.45, 7) is 6.71. The molecule has 2 nitrogen and oxygen atoms in total. The zero-order valence-corrected chi connectivity index (χ0v) is 18.0. The molecule has 0 N–H and O–H groups in total. The van der Waals surface area contributed by atoms with Gasteiger partial charge >= 0.3 is 128 Å². The zero-order valence-electron chi connectivity index (χ0n) is 15.1. The first-order valence-corrected chi connectivity index (χ1v) is 12.7. The van der Waals surface area contributed by atoms with Crippen molar-refractivity contribution in [3.8, 4) is 0 Å². The topological polar surface area (TPSA) is 40.1 Å². The Morgan fingerprint density at radius 3 is 1.58 bits per heavy atom. The Labute approximate surface area is 162 Å². The van der Waals surface area contributed by atoms with Gasteiger partial charge in [-0.2, -0.15) is 0 Å². The van der Waals surface area contributed by atoms with E-state index in [0.29, 0.717) is 0 Å². The zero-order chi connectivity index (χ0) is 18.9. The molecule has 0 atom stereocenters. The van der Waals surface area contributed by atoms with E-state index in [1.54, 1.807) is 3.58 Å². The van der Waals surface area contributed by atoms with Gasteiger partial charge < -0.3 is 9.90 Å². The van der Waals surface area contributed by atoms with Gasteiger partial charge in [-0.15, -0.1) is 0 Å². The molecule has 0 aliphatic carbocycles. The van der Waals surface area contributed by atoms with Crippen molar-refractivity contribution < 1.29 is 9.90 Å². The fourth-order valence-electron chi connectivity index (χ4n) is 2.54. The van der Waals surface area contributed by atoms with E-state index in [-0.39, 0.29) is 5.57 Å². The van der Waals surface area contributed by atoms with E-state index in [1.807, 2.05) is 0 Å². The molecule has 0 aliphatic rings. The van der Waals surface area contributed by atoms with Crippen LogP contribution in [-0.4, -0.2) is 25.7 Å². The van der Waals surface area contributed by atoms with Crippen LogP contribution < -0.4 is 15.8 Å². The van der Waals surface area contributed by atoms with Crippen LogP contribution >= 0.6 is 0 Å². The molecule has 0 bridgehead atoms. The van der Waals surface area contributed by atoms with Crippen molar-refractivity contribution in [2.24, 2.45) is 0 Å². The average molecular weight is 449 g/mol. The molecule has 0 unspecified atom stereocenters. The van der Waals surface area contributed by atoms with Gasteiger partial charge in [-0.05, 0) is 12.5 Å². The molecule has 0 radical (unpaired) electrons. The van der Waals surface area contributed by atoms with Gasteiger partial charge in [0.05, 0.1) is 5.97 Å². The second kappa shape index (κ2) is 9.97. The van der Waals surface area contributed by atoms with Crippen molar-refractivity contribution in [3.63, 3.8) is 0 Å². The first kappa shape index (κ1) is 20.0. The van der Waals surface area contributed by atoms with E-state index in [2.05, 4.69) is 98.4 Å². The third-order valence-corrected chi connectivity index (χ3v) is 12.2. The van der Waals surface area contributed by atoms with Crippen molar-refractivity contribution in [1.29, 1.82) is 0 Å². The van der Waals surface area contributed by atoms with Crippen LogP contribution in [0.3, 0.4) is 0 Å². The summed E-state index contributed by atoms with van der Waals surface area (Å²) < 4.78 is 4.65. The molecular formula is C23H22O2Sn. The number of hydrogen-bond donors (Lipinski definition) is 0. The van der Waals surface area contributed by atoms with Crippen LogP contribution in [0.4, 0.5) is 0 Å². The third kappa shape index (κ3) is 5.60. The van der Waals surface area contributed by atoms with E-state index < -0.39 is 25.7 Å². The minimum atomic E-state index is -2.04. The van der Waals surface area contributed by atoms with Crippen LogP contribution in [0.2, 0.25) is 0 Å². The molecule has 0 saturated heterocycles. The molecule has 3 heteroatoms. The fraction of sp³-hybridized carbons (Fsp3) is 0.0870. The summed E-state index contributed by atoms with van der Waals surface area (Å²) in [5.41, 5.74) is 1.49. The third-order valence-electron chi connectivity index (χ3n) is 3.89. The number of carbonyl (C=O) groups is 1. The summed E-state index contributed by atoms with van der Waals surface area (Å²) in [7, 11) is 0. The Morgan fingerprint density at radius 1 is 0.808 bits per heavy atom. The molecule has 0 amide bonds. The Bertz CT molecular complexity index is 806. The molecule has 26 heavy (non-hydrogen) atoms. The van der Waals surface area contributed by atoms with Crippen molar-refractivity contribution in [2.45, 2.75) is 13.8 Å². The van der Waals surface area contributed by atoms with Crippen LogP contribution in [0.5, 0.6) is 0 Å². The Kier molecular flexibility index (Phi) is 7.67. The van der Waals surface area contributed by atoms with E-state index in [4.69, 9.17) is 0 Å². The first-order valence-electron chi connectivity index (χ1n) is 8.41. The molecule has 0 heterocycles. The van der Waals surface area contributed by atoms with Crippen molar-refractivity contribution in [3.05, 3.63) is 103 Å². The molecule has 0 aliphatic heterocycles. The minimum absolute atomic E-state index is 0.0648. The molecule has 0 spiro atoms. The molecule has 0 saturated carbocycles. The van der Waals surface area contributed by atoms with Gasteiger partial charge in [-0.25, -0.2) is 0 Å². The van der Waals surface area contributed by atoms with Gasteiger partial charge in [0.25, 0.3) is 0 Å². The Morgan fingerprint density at radius 2 is 1.19 bits per heavy atom. The molecule has 0 aromatic heterocycles. The van der Waals surface area contributed by atoms with Crippen LogP contribution in [0.1, 0.15) is 12.5 Å². The summed E-state index contributed by atoms with van der Waals surface area (Å²) in [5.74, 6) is -1.19. The second-order valence-electron chi connectivity index (χ2n) is 5.99. The predicted molar refractivity (Wildman–Crippen MR) is 109 cm³/mol. The summed E-state index contributed by atoms with van der Waals surface area (Å²) in [5, 5.41) is 9.49. The van der Waals surface area contributed by atoms with Crippen LogP contribution in [-0.2, 0) is 4.79 Å². The van der Waals surface area contributed by atoms with Gasteiger partial charge in [0.2, 0.25) is 0 Å². The van der Waals surface area contributed by atoms with Crippen LogP contribution in [0.15, 0.2) is 97.1 Å². The van der Waals surface area contributed by atoms with Crippen molar-refractivity contribution >= 4 is 36.5 Å². The maximum absolute atomic E-state index is 9.49. The quantitative estimate of drug-likeness (QED) is 0.451. The predicted octanol–water partition coefficient (Wildman–Crippen LogP) is 1.82. The molecule has 0 fully saturated rings. The van der Waals surface area contributed by atoms with Crippen LogP contribution in [0, 0.1) is 6.92 Å². The van der Waals surface area contributed by atoms with Gasteiger partial charge in [0, 0.05) is 0 Å². The number of carboxylic acids is 1. The molecule has 3 aromatic rings. The number of aryl methyl sites for hydroxylation is 1. The van der Waals surface area contributed by atoms with Crippen molar-refractivity contribution in [1.82, 2.24) is 0 Å². The first-order chi connectivity index (χ1) is 12.5. The van der Waals surface area contributed by atoms with E-state index >= 15 is 0 Å². The summed E-state index contributed by atoms with van der Waals surface area (Å²) in [6, 6.07) is 30.9. The maximum atomic E-state index is 9.49. The average Bonchev–Trinajstić information content (AvgIpc) is 2.66. The second-order valence-corrected chi connectivity index (χ2v) is 13.0. The Balaban J connectivity index is 0.000000352. The van der Waals surface area contributed by atoms with Gasteiger partial charge in [-0.3, -0.25) is 0 Å². The number of benzene rings is 3. The molecule has 3 aromatic carbocycles.